The van der Waals surface area contributed by atoms with E-state index < -0.39 is 5.60 Å². The maximum atomic E-state index is 12.2. The Labute approximate surface area is 139 Å². The van der Waals surface area contributed by atoms with Crippen LogP contribution < -0.4 is 5.32 Å². The first-order chi connectivity index (χ1) is 10.9. The molecule has 1 saturated heterocycles. The minimum Gasteiger partial charge on any atom is -0.444 e. The molecule has 0 radical (unpaired) electrons. The fraction of sp³-hybridized carbons (Fsp3) is 0.632. The topological polar surface area (TPSA) is 41.6 Å². The molecular weight excluding hydrogens is 288 g/mol. The maximum absolute atomic E-state index is 12.2. The third kappa shape index (κ3) is 4.05. The zero-order valence-electron chi connectivity index (χ0n) is 14.5. The van der Waals surface area contributed by atoms with Crippen LogP contribution in [-0.2, 0) is 17.7 Å². The second-order valence-corrected chi connectivity index (χ2v) is 7.70. The van der Waals surface area contributed by atoms with Gasteiger partial charge in [-0.15, -0.1) is 0 Å². The number of fused-ring (bicyclic) bond motifs is 1. The summed E-state index contributed by atoms with van der Waals surface area (Å²) in [6.45, 7) is 9.38. The molecule has 1 amide bonds. The summed E-state index contributed by atoms with van der Waals surface area (Å²) in [6.07, 6.45) is 3.17. The highest BCUT2D eigenvalue weighted by molar-refractivity contribution is 5.68. The predicted octanol–water partition coefficient (Wildman–Crippen LogP) is 3.45. The standard InChI is InChI=1S/C19H28N2O2/c1-19(2,3)23-18(22)21-11-8-16-12-15(4-5-17(16)13-21)14-6-9-20-10-7-14/h4-5,12,14,20H,6-11,13H2,1-3H3. The van der Waals surface area contributed by atoms with Gasteiger partial charge in [-0.2, -0.15) is 0 Å². The molecule has 23 heavy (non-hydrogen) atoms. The van der Waals surface area contributed by atoms with E-state index >= 15 is 0 Å². The predicted molar refractivity (Wildman–Crippen MR) is 91.6 cm³/mol. The third-order valence-corrected chi connectivity index (χ3v) is 4.70. The van der Waals surface area contributed by atoms with Crippen molar-refractivity contribution in [3.8, 4) is 0 Å². The Morgan fingerprint density at radius 2 is 1.96 bits per heavy atom. The molecule has 2 heterocycles. The molecule has 3 rings (SSSR count). The van der Waals surface area contributed by atoms with Crippen LogP contribution in [0, 0.1) is 0 Å². The number of hydrogen-bond acceptors (Lipinski definition) is 3. The smallest absolute Gasteiger partial charge is 0.410 e. The van der Waals surface area contributed by atoms with E-state index in [1.54, 1.807) is 0 Å². The van der Waals surface area contributed by atoms with E-state index in [0.717, 1.165) is 26.1 Å². The van der Waals surface area contributed by atoms with Gasteiger partial charge < -0.3 is 15.0 Å². The lowest BCUT2D eigenvalue weighted by atomic mass is 9.87. The Hall–Kier alpha value is -1.55. The molecule has 1 aromatic carbocycles. The van der Waals surface area contributed by atoms with Crippen LogP contribution in [0.1, 0.15) is 56.2 Å². The number of carbonyl (C=O) groups excluding carboxylic acids is 1. The van der Waals surface area contributed by atoms with Crippen molar-refractivity contribution in [2.24, 2.45) is 0 Å². The first kappa shape index (κ1) is 16.3. The Morgan fingerprint density at radius 3 is 2.65 bits per heavy atom. The van der Waals surface area contributed by atoms with Crippen LogP contribution in [0.5, 0.6) is 0 Å². The van der Waals surface area contributed by atoms with E-state index in [-0.39, 0.29) is 6.09 Å². The van der Waals surface area contributed by atoms with E-state index in [0.29, 0.717) is 12.5 Å². The minimum atomic E-state index is -0.434. The monoisotopic (exact) mass is 316 g/mol. The quantitative estimate of drug-likeness (QED) is 0.863. The van der Waals surface area contributed by atoms with Gasteiger partial charge in [0.1, 0.15) is 5.60 Å². The molecule has 2 aliphatic rings. The van der Waals surface area contributed by atoms with Gasteiger partial charge >= 0.3 is 6.09 Å². The van der Waals surface area contributed by atoms with E-state index in [1.807, 2.05) is 25.7 Å². The van der Waals surface area contributed by atoms with E-state index in [9.17, 15) is 4.79 Å². The van der Waals surface area contributed by atoms with Gasteiger partial charge in [-0.25, -0.2) is 4.79 Å². The van der Waals surface area contributed by atoms with Crippen molar-refractivity contribution in [1.82, 2.24) is 10.2 Å². The molecule has 2 aliphatic heterocycles. The lowest BCUT2D eigenvalue weighted by Crippen LogP contribution is -2.39. The van der Waals surface area contributed by atoms with Crippen molar-refractivity contribution in [3.63, 3.8) is 0 Å². The molecule has 1 N–H and O–H groups in total. The average Bonchev–Trinajstić information content (AvgIpc) is 2.53. The van der Waals surface area contributed by atoms with Crippen LogP contribution in [0.2, 0.25) is 0 Å². The maximum Gasteiger partial charge on any atom is 0.410 e. The largest absolute Gasteiger partial charge is 0.444 e. The fourth-order valence-electron chi connectivity index (χ4n) is 3.46. The first-order valence-corrected chi connectivity index (χ1v) is 8.73. The summed E-state index contributed by atoms with van der Waals surface area (Å²) in [5, 5.41) is 3.43. The molecule has 0 atom stereocenters. The van der Waals surface area contributed by atoms with Crippen molar-refractivity contribution in [1.29, 1.82) is 0 Å². The molecule has 1 fully saturated rings. The lowest BCUT2D eigenvalue weighted by molar-refractivity contribution is 0.0224. The summed E-state index contributed by atoms with van der Waals surface area (Å²) >= 11 is 0. The SMILES string of the molecule is CC(C)(C)OC(=O)N1CCc2cc(C3CCNCC3)ccc2C1. The number of rotatable bonds is 1. The number of carbonyl (C=O) groups is 1. The fourth-order valence-corrected chi connectivity index (χ4v) is 3.46. The molecule has 0 aliphatic carbocycles. The molecule has 126 valence electrons. The van der Waals surface area contributed by atoms with Crippen molar-refractivity contribution < 1.29 is 9.53 Å². The number of ether oxygens (including phenoxy) is 1. The normalized spacial score (nSPS) is 19.3. The van der Waals surface area contributed by atoms with Gasteiger partial charge in [0.25, 0.3) is 0 Å². The van der Waals surface area contributed by atoms with Crippen molar-refractivity contribution >= 4 is 6.09 Å². The zero-order valence-corrected chi connectivity index (χ0v) is 14.5. The Morgan fingerprint density at radius 1 is 1.22 bits per heavy atom. The Balaban J connectivity index is 1.69. The number of piperidine rings is 1. The number of nitrogens with one attached hydrogen (secondary N) is 1. The summed E-state index contributed by atoms with van der Waals surface area (Å²) in [7, 11) is 0. The molecule has 0 saturated carbocycles. The molecule has 0 unspecified atom stereocenters. The van der Waals surface area contributed by atoms with Gasteiger partial charge in [-0.05, 0) is 75.7 Å². The molecule has 0 bridgehead atoms. The van der Waals surface area contributed by atoms with Crippen LogP contribution in [0.4, 0.5) is 4.79 Å². The van der Waals surface area contributed by atoms with Crippen molar-refractivity contribution in [2.75, 3.05) is 19.6 Å². The highest BCUT2D eigenvalue weighted by atomic mass is 16.6. The Bertz CT molecular complexity index is 571. The second-order valence-electron chi connectivity index (χ2n) is 7.70. The molecule has 4 nitrogen and oxygen atoms in total. The molecule has 0 spiro atoms. The van der Waals surface area contributed by atoms with Gasteiger partial charge in [0, 0.05) is 13.1 Å². The highest BCUT2D eigenvalue weighted by Gasteiger charge is 2.26. The summed E-state index contributed by atoms with van der Waals surface area (Å²) in [4.78, 5) is 14.1. The van der Waals surface area contributed by atoms with Crippen LogP contribution in [-0.4, -0.2) is 36.2 Å². The first-order valence-electron chi connectivity index (χ1n) is 8.73. The minimum absolute atomic E-state index is 0.203. The van der Waals surface area contributed by atoms with Gasteiger partial charge in [-0.1, -0.05) is 18.2 Å². The van der Waals surface area contributed by atoms with E-state index in [2.05, 4.69) is 23.5 Å². The lowest BCUT2D eigenvalue weighted by Gasteiger charge is -2.32. The number of nitrogens with zero attached hydrogens (tertiary/aromatic N) is 1. The van der Waals surface area contributed by atoms with E-state index in [4.69, 9.17) is 4.74 Å². The van der Waals surface area contributed by atoms with Crippen LogP contribution >= 0.6 is 0 Å². The molecule has 4 heteroatoms. The Kier molecular flexibility index (Phi) is 4.62. The second kappa shape index (κ2) is 6.52. The summed E-state index contributed by atoms with van der Waals surface area (Å²) in [6, 6.07) is 6.84. The van der Waals surface area contributed by atoms with Gasteiger partial charge in [-0.3, -0.25) is 0 Å². The average molecular weight is 316 g/mol. The summed E-state index contributed by atoms with van der Waals surface area (Å²) in [5.41, 5.74) is 3.70. The number of hydrogen-bond donors (Lipinski definition) is 1. The van der Waals surface area contributed by atoms with Crippen molar-refractivity contribution in [2.45, 2.75) is 58.1 Å². The summed E-state index contributed by atoms with van der Waals surface area (Å²) < 4.78 is 5.49. The molecular formula is C19H28N2O2. The highest BCUT2D eigenvalue weighted by Crippen LogP contribution is 2.29. The van der Waals surface area contributed by atoms with Crippen LogP contribution in [0.15, 0.2) is 18.2 Å². The van der Waals surface area contributed by atoms with Crippen LogP contribution in [0.3, 0.4) is 0 Å². The third-order valence-electron chi connectivity index (χ3n) is 4.70. The van der Waals surface area contributed by atoms with Crippen molar-refractivity contribution in [3.05, 3.63) is 34.9 Å². The van der Waals surface area contributed by atoms with Crippen LogP contribution in [0.25, 0.3) is 0 Å². The number of benzene rings is 1. The van der Waals surface area contributed by atoms with Gasteiger partial charge in [0.05, 0.1) is 0 Å². The summed E-state index contributed by atoms with van der Waals surface area (Å²) in [5.74, 6) is 0.686. The van der Waals surface area contributed by atoms with E-state index in [1.165, 1.54) is 29.5 Å². The zero-order chi connectivity index (χ0) is 16.4. The molecule has 1 aromatic rings. The van der Waals surface area contributed by atoms with Gasteiger partial charge in [0.2, 0.25) is 0 Å². The molecule has 0 aromatic heterocycles. The van der Waals surface area contributed by atoms with Gasteiger partial charge in [0.15, 0.2) is 0 Å². The number of amides is 1.